The first-order chi connectivity index (χ1) is 17.2. The summed E-state index contributed by atoms with van der Waals surface area (Å²) in [6.45, 7) is 15.7. The van der Waals surface area contributed by atoms with Crippen molar-refractivity contribution in [3.8, 4) is 0 Å². The standard InChI is InChI=1S/C26H38ClN3O7S/c1-24(2,3)21-28-18-11-10-17(27)20(19(18)35-21)38(33,34)16-14-29(22(31)36-25(4,5)6)12-13-30(15-16)23(32)37-26(7,8)9/h10-11,16H,12-15H2,1-9H3. The third-order valence-electron chi connectivity index (χ3n) is 5.62. The van der Waals surface area contributed by atoms with E-state index in [2.05, 4.69) is 4.98 Å². The Morgan fingerprint density at radius 3 is 1.82 bits per heavy atom. The third kappa shape index (κ3) is 6.91. The van der Waals surface area contributed by atoms with Crippen molar-refractivity contribution < 1.29 is 31.9 Å². The van der Waals surface area contributed by atoms with Crippen molar-refractivity contribution in [3.63, 3.8) is 0 Å². The molecule has 0 unspecified atom stereocenters. The quantitative estimate of drug-likeness (QED) is 0.469. The van der Waals surface area contributed by atoms with Gasteiger partial charge in [0, 0.05) is 31.6 Å². The molecule has 1 saturated heterocycles. The number of benzene rings is 1. The van der Waals surface area contributed by atoms with E-state index in [4.69, 9.17) is 25.5 Å². The topological polar surface area (TPSA) is 119 Å². The van der Waals surface area contributed by atoms with Crippen molar-refractivity contribution in [2.45, 2.75) is 89.1 Å². The number of ether oxygens (including phenoxy) is 2. The summed E-state index contributed by atoms with van der Waals surface area (Å²) in [4.78, 5) is 32.8. The number of rotatable bonds is 2. The fraction of sp³-hybridized carbons (Fsp3) is 0.654. The van der Waals surface area contributed by atoms with Gasteiger partial charge in [-0.15, -0.1) is 0 Å². The molecule has 0 spiro atoms. The molecule has 1 aliphatic heterocycles. The van der Waals surface area contributed by atoms with E-state index in [1.165, 1.54) is 15.9 Å². The largest absolute Gasteiger partial charge is 0.444 e. The lowest BCUT2D eigenvalue weighted by atomic mass is 9.97. The maximum Gasteiger partial charge on any atom is 0.410 e. The van der Waals surface area contributed by atoms with E-state index in [0.717, 1.165) is 0 Å². The molecule has 1 aliphatic rings. The minimum Gasteiger partial charge on any atom is -0.444 e. The Labute approximate surface area is 229 Å². The van der Waals surface area contributed by atoms with E-state index in [1.807, 2.05) is 20.8 Å². The lowest BCUT2D eigenvalue weighted by Gasteiger charge is -2.28. The summed E-state index contributed by atoms with van der Waals surface area (Å²) >= 11 is 6.47. The van der Waals surface area contributed by atoms with E-state index in [1.54, 1.807) is 47.6 Å². The van der Waals surface area contributed by atoms with Crippen molar-refractivity contribution >= 4 is 44.7 Å². The Bertz CT molecular complexity index is 1280. The van der Waals surface area contributed by atoms with Crippen LogP contribution in [0.3, 0.4) is 0 Å². The first-order valence-corrected chi connectivity index (χ1v) is 14.4. The van der Waals surface area contributed by atoms with Crippen LogP contribution in [0.5, 0.6) is 0 Å². The summed E-state index contributed by atoms with van der Waals surface area (Å²) in [5, 5.41) is -1.28. The van der Waals surface area contributed by atoms with Gasteiger partial charge in [0.05, 0.1) is 5.02 Å². The van der Waals surface area contributed by atoms with Crippen molar-refractivity contribution in [1.82, 2.24) is 14.8 Å². The van der Waals surface area contributed by atoms with Crippen LogP contribution in [0.25, 0.3) is 11.1 Å². The van der Waals surface area contributed by atoms with E-state index in [0.29, 0.717) is 11.4 Å². The molecule has 1 aromatic heterocycles. The average molecular weight is 572 g/mol. The number of nitrogens with zero attached hydrogens (tertiary/aromatic N) is 3. The molecule has 0 N–H and O–H groups in total. The molecule has 0 aliphatic carbocycles. The normalized spacial score (nSPS) is 16.5. The fourth-order valence-corrected chi connectivity index (χ4v) is 6.15. The van der Waals surface area contributed by atoms with Crippen molar-refractivity contribution in [2.24, 2.45) is 0 Å². The number of sulfone groups is 1. The molecule has 1 fully saturated rings. The lowest BCUT2D eigenvalue weighted by Crippen LogP contribution is -2.44. The molecule has 38 heavy (non-hydrogen) atoms. The van der Waals surface area contributed by atoms with Gasteiger partial charge in [0.25, 0.3) is 0 Å². The molecule has 0 saturated carbocycles. The molecule has 3 rings (SSSR count). The summed E-state index contributed by atoms with van der Waals surface area (Å²) in [6.07, 6.45) is -1.36. The third-order valence-corrected chi connectivity index (χ3v) is 8.20. The van der Waals surface area contributed by atoms with Gasteiger partial charge in [-0.1, -0.05) is 32.4 Å². The van der Waals surface area contributed by atoms with Crippen molar-refractivity contribution in [2.75, 3.05) is 26.2 Å². The Morgan fingerprint density at radius 1 is 0.921 bits per heavy atom. The molecule has 2 amide bonds. The van der Waals surface area contributed by atoms with Gasteiger partial charge >= 0.3 is 12.2 Å². The van der Waals surface area contributed by atoms with Gasteiger partial charge in [0.2, 0.25) is 5.89 Å². The highest BCUT2D eigenvalue weighted by atomic mass is 35.5. The van der Waals surface area contributed by atoms with Gasteiger partial charge in [-0.2, -0.15) is 0 Å². The zero-order chi connectivity index (χ0) is 28.8. The minimum atomic E-state index is -4.26. The number of halogens is 1. The van der Waals surface area contributed by atoms with Crippen molar-refractivity contribution in [3.05, 3.63) is 23.0 Å². The van der Waals surface area contributed by atoms with Crippen LogP contribution < -0.4 is 0 Å². The van der Waals surface area contributed by atoms with Gasteiger partial charge in [-0.3, -0.25) is 0 Å². The molecule has 0 atom stereocenters. The van der Waals surface area contributed by atoms with Crippen LogP contribution in [0.1, 0.15) is 68.2 Å². The van der Waals surface area contributed by atoms with Gasteiger partial charge in [-0.05, 0) is 53.7 Å². The van der Waals surface area contributed by atoms with Crippen LogP contribution in [0.15, 0.2) is 21.4 Å². The number of fused-ring (bicyclic) bond motifs is 1. The van der Waals surface area contributed by atoms with Gasteiger partial charge in [-0.25, -0.2) is 23.0 Å². The van der Waals surface area contributed by atoms with E-state index in [9.17, 15) is 18.0 Å². The predicted molar refractivity (Wildman–Crippen MR) is 144 cm³/mol. The zero-order valence-electron chi connectivity index (χ0n) is 23.5. The molecule has 0 radical (unpaired) electrons. The summed E-state index contributed by atoms with van der Waals surface area (Å²) in [6, 6.07) is 3.06. The highest BCUT2D eigenvalue weighted by Crippen LogP contribution is 2.36. The van der Waals surface area contributed by atoms with Crippen LogP contribution in [0.2, 0.25) is 5.02 Å². The van der Waals surface area contributed by atoms with Crippen LogP contribution in [-0.2, 0) is 24.7 Å². The van der Waals surface area contributed by atoms with Crippen molar-refractivity contribution in [1.29, 1.82) is 0 Å². The average Bonchev–Trinajstić information content (AvgIpc) is 3.02. The van der Waals surface area contributed by atoms with E-state index < -0.39 is 43.9 Å². The van der Waals surface area contributed by atoms with Gasteiger partial charge in [0.15, 0.2) is 15.4 Å². The Kier molecular flexibility index (Phi) is 8.07. The van der Waals surface area contributed by atoms with Crippen LogP contribution >= 0.6 is 11.6 Å². The Balaban J connectivity index is 2.10. The molecule has 0 bridgehead atoms. The first-order valence-electron chi connectivity index (χ1n) is 12.5. The Morgan fingerprint density at radius 2 is 1.39 bits per heavy atom. The highest BCUT2D eigenvalue weighted by molar-refractivity contribution is 7.92. The monoisotopic (exact) mass is 571 g/mol. The second-order valence-corrected chi connectivity index (χ2v) is 15.1. The first kappa shape index (κ1) is 30.0. The van der Waals surface area contributed by atoms with Gasteiger partial charge in [0.1, 0.15) is 26.9 Å². The van der Waals surface area contributed by atoms with Crippen LogP contribution in [0.4, 0.5) is 9.59 Å². The second kappa shape index (κ2) is 10.2. The summed E-state index contributed by atoms with van der Waals surface area (Å²) in [7, 11) is -4.26. The summed E-state index contributed by atoms with van der Waals surface area (Å²) < 4.78 is 45.4. The molecule has 212 valence electrons. The molecular weight excluding hydrogens is 534 g/mol. The van der Waals surface area contributed by atoms with E-state index in [-0.39, 0.29) is 41.7 Å². The highest BCUT2D eigenvalue weighted by Gasteiger charge is 2.41. The molecule has 1 aromatic carbocycles. The number of aromatic nitrogens is 1. The minimum absolute atomic E-state index is 0.0361. The lowest BCUT2D eigenvalue weighted by molar-refractivity contribution is 0.0200. The maximum absolute atomic E-state index is 14.2. The summed E-state index contributed by atoms with van der Waals surface area (Å²) in [5.41, 5.74) is -1.67. The number of hydrogen-bond acceptors (Lipinski definition) is 8. The number of carbonyl (C=O) groups is 2. The molecule has 12 heteroatoms. The number of oxazole rings is 1. The Hall–Kier alpha value is -2.53. The smallest absolute Gasteiger partial charge is 0.410 e. The molecular formula is C26H38ClN3O7S. The molecule has 2 heterocycles. The number of hydrogen-bond donors (Lipinski definition) is 0. The van der Waals surface area contributed by atoms with Gasteiger partial charge < -0.3 is 23.7 Å². The second-order valence-electron chi connectivity index (χ2n) is 12.5. The van der Waals surface area contributed by atoms with Crippen LogP contribution in [-0.4, -0.2) is 78.0 Å². The summed E-state index contributed by atoms with van der Waals surface area (Å²) in [5.74, 6) is 0.359. The number of carbonyl (C=O) groups excluding carboxylic acids is 2. The van der Waals surface area contributed by atoms with Crippen LogP contribution in [0, 0.1) is 0 Å². The number of amides is 2. The predicted octanol–water partition coefficient (Wildman–Crippen LogP) is 5.41. The zero-order valence-corrected chi connectivity index (χ0v) is 25.1. The maximum atomic E-state index is 14.2. The van der Waals surface area contributed by atoms with E-state index >= 15 is 0 Å². The fourth-order valence-electron chi connectivity index (χ4n) is 3.85. The SMILES string of the molecule is CC(C)(C)OC(=O)N1CCN(C(=O)OC(C)(C)C)CC(S(=O)(=O)c2c(Cl)ccc3nc(C(C)(C)C)oc23)C1. The molecule has 2 aromatic rings. The molecule has 10 nitrogen and oxygen atoms in total.